The number of hydrogen-bond donors (Lipinski definition) is 2. The Morgan fingerprint density at radius 2 is 1.79 bits per heavy atom. The van der Waals surface area contributed by atoms with E-state index >= 15 is 0 Å². The average molecular weight is 400 g/mol. The molecule has 7 nitrogen and oxygen atoms in total. The Balaban J connectivity index is 2.00. The van der Waals surface area contributed by atoms with Gasteiger partial charge in [0.1, 0.15) is 11.8 Å². The number of carbonyl (C=O) groups excluding carboxylic acids is 1. The first-order valence-corrected chi connectivity index (χ1v) is 9.78. The molecule has 0 saturated carbocycles. The number of ether oxygens (including phenoxy) is 1. The van der Waals surface area contributed by atoms with Gasteiger partial charge in [0.2, 0.25) is 0 Å². The minimum absolute atomic E-state index is 0.0889. The van der Waals surface area contributed by atoms with Gasteiger partial charge >= 0.3 is 0 Å². The van der Waals surface area contributed by atoms with Crippen LogP contribution in [0.5, 0.6) is 5.75 Å². The van der Waals surface area contributed by atoms with Crippen molar-refractivity contribution in [2.45, 2.75) is 46.2 Å². The maximum atomic E-state index is 12.6. The maximum absolute atomic E-state index is 12.6. The topological polar surface area (TPSA) is 98.1 Å². The molecule has 0 heterocycles. The van der Waals surface area contributed by atoms with Crippen molar-refractivity contribution in [1.82, 2.24) is 0 Å². The van der Waals surface area contributed by atoms with E-state index in [0.29, 0.717) is 11.6 Å². The SMILES string of the molecule is COc1cc([N+](=O)[O-])ccc1NC(=O)[C@H](C)[NH2+][C@H](C)c1ccc(CC(C)C)cc1. The normalized spacial score (nSPS) is 13.0. The van der Waals surface area contributed by atoms with Crippen LogP contribution in [0.1, 0.15) is 44.9 Å². The fraction of sp³-hybridized carbons (Fsp3) is 0.409. The Morgan fingerprint density at radius 1 is 1.14 bits per heavy atom. The van der Waals surface area contributed by atoms with Gasteiger partial charge in [0.15, 0.2) is 6.04 Å². The molecule has 2 rings (SSSR count). The van der Waals surface area contributed by atoms with E-state index in [1.807, 2.05) is 12.2 Å². The van der Waals surface area contributed by atoms with Crippen LogP contribution in [0.15, 0.2) is 42.5 Å². The number of nitro groups is 1. The molecule has 0 fully saturated rings. The van der Waals surface area contributed by atoms with E-state index in [1.165, 1.54) is 30.9 Å². The summed E-state index contributed by atoms with van der Waals surface area (Å²) in [6.07, 6.45) is 1.05. The molecule has 0 spiro atoms. The molecule has 3 N–H and O–H groups in total. The van der Waals surface area contributed by atoms with Crippen molar-refractivity contribution in [3.8, 4) is 5.75 Å². The smallest absolute Gasteiger partial charge is 0.282 e. The van der Waals surface area contributed by atoms with Crippen molar-refractivity contribution in [1.29, 1.82) is 0 Å². The van der Waals surface area contributed by atoms with E-state index in [1.54, 1.807) is 0 Å². The van der Waals surface area contributed by atoms with Crippen molar-refractivity contribution in [3.63, 3.8) is 0 Å². The molecule has 156 valence electrons. The van der Waals surface area contributed by atoms with Crippen molar-refractivity contribution >= 4 is 17.3 Å². The summed E-state index contributed by atoms with van der Waals surface area (Å²) in [6, 6.07) is 12.4. The summed E-state index contributed by atoms with van der Waals surface area (Å²) in [7, 11) is 1.41. The van der Waals surface area contributed by atoms with Gasteiger partial charge in [-0.05, 0) is 37.8 Å². The number of rotatable bonds is 9. The molecular weight excluding hydrogens is 370 g/mol. The predicted molar refractivity (Wildman–Crippen MR) is 113 cm³/mol. The zero-order chi connectivity index (χ0) is 21.6. The first-order chi connectivity index (χ1) is 13.7. The molecule has 0 aliphatic heterocycles. The third-order valence-corrected chi connectivity index (χ3v) is 4.79. The molecule has 0 radical (unpaired) electrons. The number of carbonyl (C=O) groups is 1. The van der Waals surface area contributed by atoms with Gasteiger partial charge in [0, 0.05) is 11.6 Å². The second-order valence-electron chi connectivity index (χ2n) is 7.74. The Kier molecular flexibility index (Phi) is 7.73. The van der Waals surface area contributed by atoms with Gasteiger partial charge in [0.25, 0.3) is 11.6 Å². The Morgan fingerprint density at radius 3 is 2.34 bits per heavy atom. The highest BCUT2D eigenvalue weighted by Crippen LogP contribution is 2.29. The van der Waals surface area contributed by atoms with Crippen LogP contribution >= 0.6 is 0 Å². The summed E-state index contributed by atoms with van der Waals surface area (Å²) in [5, 5.41) is 15.7. The number of nitro benzene ring substituents is 1. The van der Waals surface area contributed by atoms with E-state index in [2.05, 4.69) is 50.4 Å². The zero-order valence-electron chi connectivity index (χ0n) is 17.6. The van der Waals surface area contributed by atoms with Crippen LogP contribution in [0.3, 0.4) is 0 Å². The van der Waals surface area contributed by atoms with Crippen molar-refractivity contribution in [2.24, 2.45) is 5.92 Å². The van der Waals surface area contributed by atoms with Crippen molar-refractivity contribution < 1.29 is 19.8 Å². The third kappa shape index (κ3) is 6.29. The quantitative estimate of drug-likeness (QED) is 0.497. The molecular formula is C22H30N3O4+. The van der Waals surface area contributed by atoms with Crippen LogP contribution in [-0.2, 0) is 11.2 Å². The minimum atomic E-state index is -0.501. The van der Waals surface area contributed by atoms with Crippen molar-refractivity contribution in [3.05, 3.63) is 63.7 Å². The van der Waals surface area contributed by atoms with E-state index in [4.69, 9.17) is 4.74 Å². The highest BCUT2D eigenvalue weighted by Gasteiger charge is 2.22. The summed E-state index contributed by atoms with van der Waals surface area (Å²) in [5.41, 5.74) is 2.79. The predicted octanol–water partition coefficient (Wildman–Crippen LogP) is 3.45. The highest BCUT2D eigenvalue weighted by atomic mass is 16.6. The molecule has 0 aromatic heterocycles. The molecule has 2 aromatic carbocycles. The Hall–Kier alpha value is -2.93. The lowest BCUT2D eigenvalue weighted by molar-refractivity contribution is -0.709. The van der Waals surface area contributed by atoms with Crippen LogP contribution < -0.4 is 15.4 Å². The van der Waals surface area contributed by atoms with Crippen LogP contribution in [0.4, 0.5) is 11.4 Å². The number of nitrogens with one attached hydrogen (secondary N) is 1. The lowest BCUT2D eigenvalue weighted by atomic mass is 9.99. The first-order valence-electron chi connectivity index (χ1n) is 9.78. The molecule has 0 saturated heterocycles. The largest absolute Gasteiger partial charge is 0.494 e. The Labute approximate surface area is 171 Å². The fourth-order valence-electron chi connectivity index (χ4n) is 3.20. The molecule has 0 unspecified atom stereocenters. The standard InChI is InChI=1S/C22H29N3O4/c1-14(2)12-17-6-8-18(9-7-17)15(3)23-16(4)22(26)24-20-11-10-19(25(27)28)13-21(20)29-5/h6-11,13-16,23H,12H2,1-5H3,(H,24,26)/p+1/t15-,16+/m1/s1. The molecule has 0 bridgehead atoms. The highest BCUT2D eigenvalue weighted by molar-refractivity contribution is 5.95. The molecule has 0 aliphatic carbocycles. The van der Waals surface area contributed by atoms with E-state index in [-0.39, 0.29) is 29.4 Å². The van der Waals surface area contributed by atoms with Crippen LogP contribution in [0.2, 0.25) is 0 Å². The van der Waals surface area contributed by atoms with Gasteiger partial charge in [-0.3, -0.25) is 14.9 Å². The summed E-state index contributed by atoms with van der Waals surface area (Å²) in [4.78, 5) is 23.0. The first kappa shape index (κ1) is 22.4. The van der Waals surface area contributed by atoms with Gasteiger partial charge in [-0.15, -0.1) is 0 Å². The van der Waals surface area contributed by atoms with Crippen LogP contribution in [0, 0.1) is 16.0 Å². The molecule has 0 aliphatic rings. The number of methoxy groups -OCH3 is 1. The Bertz CT molecular complexity index is 850. The van der Waals surface area contributed by atoms with Gasteiger partial charge in [0.05, 0.1) is 23.8 Å². The van der Waals surface area contributed by atoms with Gasteiger partial charge in [-0.2, -0.15) is 0 Å². The van der Waals surface area contributed by atoms with Gasteiger partial charge in [-0.25, -0.2) is 0 Å². The van der Waals surface area contributed by atoms with Gasteiger partial charge in [-0.1, -0.05) is 38.1 Å². The maximum Gasteiger partial charge on any atom is 0.282 e. The zero-order valence-corrected chi connectivity index (χ0v) is 17.6. The lowest BCUT2D eigenvalue weighted by Gasteiger charge is -2.18. The molecule has 7 heteroatoms. The fourth-order valence-corrected chi connectivity index (χ4v) is 3.20. The summed E-state index contributed by atoms with van der Waals surface area (Å²) < 4.78 is 5.18. The van der Waals surface area contributed by atoms with E-state index in [0.717, 1.165) is 12.0 Å². The number of quaternary nitrogens is 1. The molecule has 1 amide bonds. The second kappa shape index (κ2) is 10.0. The number of hydrogen-bond acceptors (Lipinski definition) is 4. The molecule has 29 heavy (non-hydrogen) atoms. The number of nitrogens with zero attached hydrogens (tertiary/aromatic N) is 1. The summed E-state index contributed by atoms with van der Waals surface area (Å²) in [5.74, 6) is 0.680. The minimum Gasteiger partial charge on any atom is -0.494 e. The monoisotopic (exact) mass is 400 g/mol. The molecule has 2 atom stereocenters. The summed E-state index contributed by atoms with van der Waals surface area (Å²) >= 11 is 0. The number of benzene rings is 2. The number of non-ortho nitro benzene ring substituents is 1. The second-order valence-corrected chi connectivity index (χ2v) is 7.74. The van der Waals surface area contributed by atoms with Gasteiger partial charge < -0.3 is 15.4 Å². The third-order valence-electron chi connectivity index (χ3n) is 4.79. The lowest BCUT2D eigenvalue weighted by Crippen LogP contribution is -2.91. The van der Waals surface area contributed by atoms with E-state index in [9.17, 15) is 14.9 Å². The summed E-state index contributed by atoms with van der Waals surface area (Å²) in [6.45, 7) is 8.29. The number of anilines is 1. The average Bonchev–Trinajstić information content (AvgIpc) is 2.67. The number of nitrogens with two attached hydrogens (primary N) is 1. The molecule has 2 aromatic rings. The van der Waals surface area contributed by atoms with Crippen LogP contribution in [0.25, 0.3) is 0 Å². The van der Waals surface area contributed by atoms with Crippen LogP contribution in [-0.4, -0.2) is 24.0 Å². The van der Waals surface area contributed by atoms with Crippen molar-refractivity contribution in [2.75, 3.05) is 12.4 Å². The number of amides is 1. The van der Waals surface area contributed by atoms with E-state index < -0.39 is 4.92 Å².